The second-order valence-electron chi connectivity index (χ2n) is 5.33. The van der Waals surface area contributed by atoms with Crippen LogP contribution in [-0.4, -0.2) is 19.5 Å². The van der Waals surface area contributed by atoms with Crippen molar-refractivity contribution in [3.05, 3.63) is 69.9 Å². The third-order valence-corrected chi connectivity index (χ3v) is 3.27. The standard InChI is InChI=1S/C17H17N5O/c1-11-9-12(2)19-16(18-11)21-17-20-13(3)10-15(23)22(17)14-7-5-4-6-8-14/h4-10H,1-3H3,(H,18,19,20,21). The lowest BCUT2D eigenvalue weighted by molar-refractivity contribution is 0.918. The van der Waals surface area contributed by atoms with Gasteiger partial charge >= 0.3 is 0 Å². The Balaban J connectivity index is 2.13. The van der Waals surface area contributed by atoms with Gasteiger partial charge in [-0.2, -0.15) is 0 Å². The highest BCUT2D eigenvalue weighted by Crippen LogP contribution is 2.15. The molecule has 2 heterocycles. The molecule has 0 atom stereocenters. The molecule has 0 aliphatic carbocycles. The number of anilines is 2. The molecule has 116 valence electrons. The van der Waals surface area contributed by atoms with Crippen LogP contribution in [0.25, 0.3) is 5.69 Å². The van der Waals surface area contributed by atoms with Crippen LogP contribution in [0.5, 0.6) is 0 Å². The monoisotopic (exact) mass is 307 g/mol. The van der Waals surface area contributed by atoms with Gasteiger partial charge in [-0.05, 0) is 39.0 Å². The maximum absolute atomic E-state index is 12.4. The van der Waals surface area contributed by atoms with E-state index < -0.39 is 0 Å². The average molecular weight is 307 g/mol. The minimum atomic E-state index is -0.157. The molecule has 0 spiro atoms. The molecule has 0 unspecified atom stereocenters. The summed E-state index contributed by atoms with van der Waals surface area (Å²) in [4.78, 5) is 25.6. The molecule has 6 nitrogen and oxygen atoms in total. The van der Waals surface area contributed by atoms with Crippen LogP contribution in [0.4, 0.5) is 11.9 Å². The van der Waals surface area contributed by atoms with Crippen LogP contribution < -0.4 is 10.9 Å². The highest BCUT2D eigenvalue weighted by Gasteiger charge is 2.11. The van der Waals surface area contributed by atoms with E-state index in [9.17, 15) is 4.79 Å². The van der Waals surface area contributed by atoms with E-state index in [1.807, 2.05) is 50.2 Å². The van der Waals surface area contributed by atoms with Gasteiger partial charge in [0.25, 0.3) is 5.56 Å². The van der Waals surface area contributed by atoms with Gasteiger partial charge in [-0.25, -0.2) is 19.5 Å². The van der Waals surface area contributed by atoms with Crippen molar-refractivity contribution < 1.29 is 0 Å². The van der Waals surface area contributed by atoms with Gasteiger partial charge in [0.05, 0.1) is 5.69 Å². The molecule has 0 fully saturated rings. The molecule has 0 aliphatic rings. The zero-order chi connectivity index (χ0) is 16.4. The molecule has 23 heavy (non-hydrogen) atoms. The Morgan fingerprint density at radius 3 is 2.13 bits per heavy atom. The largest absolute Gasteiger partial charge is 0.294 e. The maximum Gasteiger partial charge on any atom is 0.259 e. The van der Waals surface area contributed by atoms with Crippen LogP contribution in [0.1, 0.15) is 17.1 Å². The first kappa shape index (κ1) is 14.9. The maximum atomic E-state index is 12.4. The molecular weight excluding hydrogens is 290 g/mol. The Bertz CT molecular complexity index is 882. The average Bonchev–Trinajstić information content (AvgIpc) is 2.46. The molecule has 0 aliphatic heterocycles. The predicted molar refractivity (Wildman–Crippen MR) is 89.4 cm³/mol. The summed E-state index contributed by atoms with van der Waals surface area (Å²) >= 11 is 0. The fourth-order valence-electron chi connectivity index (χ4n) is 2.39. The summed E-state index contributed by atoms with van der Waals surface area (Å²) in [7, 11) is 0. The first-order valence-electron chi connectivity index (χ1n) is 7.28. The summed E-state index contributed by atoms with van der Waals surface area (Å²) in [6.07, 6.45) is 0. The summed E-state index contributed by atoms with van der Waals surface area (Å²) in [5.74, 6) is 0.816. The van der Waals surface area contributed by atoms with Crippen molar-refractivity contribution in [3.8, 4) is 5.69 Å². The topological polar surface area (TPSA) is 72.7 Å². The number of nitrogens with one attached hydrogen (secondary N) is 1. The highest BCUT2D eigenvalue weighted by molar-refractivity contribution is 5.49. The first-order valence-corrected chi connectivity index (χ1v) is 7.28. The van der Waals surface area contributed by atoms with Gasteiger partial charge in [-0.1, -0.05) is 18.2 Å². The summed E-state index contributed by atoms with van der Waals surface area (Å²) < 4.78 is 1.51. The van der Waals surface area contributed by atoms with E-state index in [-0.39, 0.29) is 5.56 Å². The third-order valence-electron chi connectivity index (χ3n) is 3.27. The molecule has 1 N–H and O–H groups in total. The summed E-state index contributed by atoms with van der Waals surface area (Å²) in [6, 6.07) is 12.7. The van der Waals surface area contributed by atoms with E-state index in [0.29, 0.717) is 17.6 Å². The quantitative estimate of drug-likeness (QED) is 0.805. The van der Waals surface area contributed by atoms with E-state index >= 15 is 0 Å². The fraction of sp³-hybridized carbons (Fsp3) is 0.176. The van der Waals surface area contributed by atoms with Gasteiger partial charge < -0.3 is 0 Å². The molecule has 0 saturated carbocycles. The van der Waals surface area contributed by atoms with Gasteiger partial charge in [-0.3, -0.25) is 10.1 Å². The molecule has 6 heteroatoms. The lowest BCUT2D eigenvalue weighted by atomic mass is 10.3. The minimum absolute atomic E-state index is 0.157. The minimum Gasteiger partial charge on any atom is -0.294 e. The molecule has 0 amide bonds. The number of aryl methyl sites for hydroxylation is 3. The fourth-order valence-corrected chi connectivity index (χ4v) is 2.39. The molecule has 3 rings (SSSR count). The number of aromatic nitrogens is 4. The molecule has 0 saturated heterocycles. The Hall–Kier alpha value is -3.02. The zero-order valence-electron chi connectivity index (χ0n) is 13.2. The summed E-state index contributed by atoms with van der Waals surface area (Å²) in [6.45, 7) is 5.58. The van der Waals surface area contributed by atoms with Gasteiger partial charge in [0, 0.05) is 23.1 Å². The lowest BCUT2D eigenvalue weighted by Crippen LogP contribution is -2.22. The van der Waals surface area contributed by atoms with Crippen LogP contribution in [-0.2, 0) is 0 Å². The van der Waals surface area contributed by atoms with E-state index in [4.69, 9.17) is 0 Å². The first-order chi connectivity index (χ1) is 11.0. The lowest BCUT2D eigenvalue weighted by Gasteiger charge is -2.13. The second-order valence-corrected chi connectivity index (χ2v) is 5.33. The molecule has 0 radical (unpaired) electrons. The Morgan fingerprint density at radius 2 is 1.48 bits per heavy atom. The van der Waals surface area contributed by atoms with Crippen molar-refractivity contribution in [3.63, 3.8) is 0 Å². The van der Waals surface area contributed by atoms with Crippen molar-refractivity contribution >= 4 is 11.9 Å². The van der Waals surface area contributed by atoms with Crippen molar-refractivity contribution in [2.45, 2.75) is 20.8 Å². The third kappa shape index (κ3) is 3.26. The van der Waals surface area contributed by atoms with E-state index in [1.54, 1.807) is 6.92 Å². The Labute approximate surface area is 133 Å². The number of hydrogen-bond acceptors (Lipinski definition) is 5. The van der Waals surface area contributed by atoms with Crippen LogP contribution in [0.3, 0.4) is 0 Å². The van der Waals surface area contributed by atoms with E-state index in [1.165, 1.54) is 10.6 Å². The normalized spacial score (nSPS) is 10.6. The molecule has 2 aromatic heterocycles. The summed E-state index contributed by atoms with van der Waals surface area (Å²) in [5, 5.41) is 3.06. The molecule has 0 bridgehead atoms. The second kappa shape index (κ2) is 6.00. The van der Waals surface area contributed by atoms with Crippen LogP contribution >= 0.6 is 0 Å². The number of nitrogens with zero attached hydrogens (tertiary/aromatic N) is 4. The van der Waals surface area contributed by atoms with E-state index in [2.05, 4.69) is 20.3 Å². The number of benzene rings is 1. The van der Waals surface area contributed by atoms with Gasteiger partial charge in [-0.15, -0.1) is 0 Å². The molecule has 3 aromatic rings. The van der Waals surface area contributed by atoms with Gasteiger partial charge in [0.2, 0.25) is 11.9 Å². The summed E-state index contributed by atoms with van der Waals surface area (Å²) in [5.41, 5.74) is 2.91. The predicted octanol–water partition coefficient (Wildman–Crippen LogP) is 2.69. The van der Waals surface area contributed by atoms with Gasteiger partial charge in [0.15, 0.2) is 0 Å². The number of rotatable bonds is 3. The number of para-hydroxylation sites is 1. The van der Waals surface area contributed by atoms with Crippen LogP contribution in [0, 0.1) is 20.8 Å². The zero-order valence-corrected chi connectivity index (χ0v) is 13.2. The van der Waals surface area contributed by atoms with Crippen LogP contribution in [0.2, 0.25) is 0 Å². The smallest absolute Gasteiger partial charge is 0.259 e. The molecule has 1 aromatic carbocycles. The molecular formula is C17H17N5O. The van der Waals surface area contributed by atoms with Crippen LogP contribution in [0.15, 0.2) is 47.3 Å². The SMILES string of the molecule is Cc1cc(C)nc(Nc2nc(C)cc(=O)n2-c2ccccc2)n1. The van der Waals surface area contributed by atoms with Crippen molar-refractivity contribution in [1.82, 2.24) is 19.5 Å². The van der Waals surface area contributed by atoms with Gasteiger partial charge in [0.1, 0.15) is 0 Å². The number of hydrogen-bond donors (Lipinski definition) is 1. The van der Waals surface area contributed by atoms with E-state index in [0.717, 1.165) is 17.1 Å². The Kier molecular flexibility index (Phi) is 3.89. The highest BCUT2D eigenvalue weighted by atomic mass is 16.1. The van der Waals surface area contributed by atoms with Crippen molar-refractivity contribution in [2.24, 2.45) is 0 Å². The van der Waals surface area contributed by atoms with Crippen molar-refractivity contribution in [1.29, 1.82) is 0 Å². The van der Waals surface area contributed by atoms with Crippen molar-refractivity contribution in [2.75, 3.05) is 5.32 Å². The Morgan fingerprint density at radius 1 is 0.870 bits per heavy atom.